The molecule has 5 aromatic rings. The molecule has 3 heteroatoms. The first kappa shape index (κ1) is 16.6. The van der Waals surface area contributed by atoms with Gasteiger partial charge in [0.15, 0.2) is 5.52 Å². The normalized spacial score (nSPS) is 11.7. The van der Waals surface area contributed by atoms with Crippen molar-refractivity contribution in [1.29, 1.82) is 0 Å². The Morgan fingerprint density at radius 3 is 2.33 bits per heavy atom. The van der Waals surface area contributed by atoms with Gasteiger partial charge in [0.25, 0.3) is 0 Å². The first-order valence-corrected chi connectivity index (χ1v) is 10.3. The van der Waals surface area contributed by atoms with E-state index >= 15 is 0 Å². The molecule has 0 radical (unpaired) electrons. The van der Waals surface area contributed by atoms with Gasteiger partial charge < -0.3 is 4.31 Å². The molecule has 0 fully saturated rings. The third-order valence-corrected chi connectivity index (χ3v) is 6.81. The molecular formula is C24H22BNS. The van der Waals surface area contributed by atoms with Gasteiger partial charge in [-0.15, -0.1) is 5.46 Å². The van der Waals surface area contributed by atoms with Crippen LogP contribution >= 0.6 is 11.3 Å². The highest BCUT2D eigenvalue weighted by Gasteiger charge is 2.17. The second kappa shape index (κ2) is 6.00. The minimum Gasteiger partial charge on any atom is -0.408 e. The van der Waals surface area contributed by atoms with Crippen molar-refractivity contribution < 1.29 is 4.31 Å². The molecule has 0 unspecified atom stereocenters. The lowest BCUT2D eigenvalue weighted by atomic mass is 9.63. The van der Waals surface area contributed by atoms with E-state index in [0.29, 0.717) is 0 Å². The lowest BCUT2D eigenvalue weighted by molar-refractivity contribution is -0.414. The number of hydrogen-bond acceptors (Lipinski definition) is 1. The van der Waals surface area contributed by atoms with Crippen molar-refractivity contribution in [1.82, 2.24) is 0 Å². The van der Waals surface area contributed by atoms with Gasteiger partial charge >= 0.3 is 0 Å². The Bertz CT molecular complexity index is 1340. The molecule has 1 nitrogen and oxygen atoms in total. The van der Waals surface area contributed by atoms with Crippen molar-refractivity contribution in [3.63, 3.8) is 0 Å². The molecule has 0 aliphatic rings. The summed E-state index contributed by atoms with van der Waals surface area (Å²) < 4.78 is 3.90. The van der Waals surface area contributed by atoms with Crippen molar-refractivity contribution in [2.75, 3.05) is 0 Å². The smallest absolute Gasteiger partial charge is 0.231 e. The number of benzene rings is 3. The number of aryl methyl sites for hydroxylation is 4. The second-order valence-electron chi connectivity index (χ2n) is 7.76. The van der Waals surface area contributed by atoms with Crippen LogP contribution in [0.4, 0.5) is 0 Å². The first-order valence-electron chi connectivity index (χ1n) is 9.49. The zero-order valence-electron chi connectivity index (χ0n) is 16.2. The molecule has 0 saturated heterocycles. The largest absolute Gasteiger partial charge is 0.408 e. The van der Waals surface area contributed by atoms with Gasteiger partial charge in [-0.1, -0.05) is 70.0 Å². The third kappa shape index (κ3) is 2.53. The Morgan fingerprint density at radius 1 is 0.815 bits per heavy atom. The van der Waals surface area contributed by atoms with Crippen LogP contribution in [0.1, 0.15) is 22.3 Å². The summed E-state index contributed by atoms with van der Waals surface area (Å²) in [6.07, 6.45) is 0. The fourth-order valence-corrected chi connectivity index (χ4v) is 5.80. The van der Waals surface area contributed by atoms with E-state index in [-0.39, 0.29) is 6.49 Å². The van der Waals surface area contributed by atoms with E-state index in [1.807, 2.05) is 11.3 Å². The number of aromatic nitrogens is 1. The van der Waals surface area contributed by atoms with E-state index in [2.05, 4.69) is 92.6 Å². The van der Waals surface area contributed by atoms with Gasteiger partial charge in [0, 0.05) is 6.07 Å². The first-order chi connectivity index (χ1) is 13.0. The molecule has 0 spiro atoms. The number of hydrogen-bond donors (Lipinski definition) is 0. The zero-order valence-corrected chi connectivity index (χ0v) is 17.0. The van der Waals surface area contributed by atoms with Crippen LogP contribution in [0.5, 0.6) is 0 Å². The summed E-state index contributed by atoms with van der Waals surface area (Å²) in [5, 5.41) is 2.70. The molecule has 132 valence electrons. The maximum atomic E-state index is 2.55. The Morgan fingerprint density at radius 2 is 1.56 bits per heavy atom. The van der Waals surface area contributed by atoms with Crippen molar-refractivity contribution >= 4 is 43.6 Å². The molecule has 3 aromatic carbocycles. The molecule has 0 bridgehead atoms. The highest BCUT2D eigenvalue weighted by atomic mass is 32.1. The third-order valence-electron chi connectivity index (χ3n) is 5.64. The average Bonchev–Trinajstić information content (AvgIpc) is 3.01. The SMILES string of the molecule is Cc1cc(C)c(-[b-]2cc3ccc(C)cc3c3sc4ccccc4[n+]23)c(C)c1. The predicted octanol–water partition coefficient (Wildman–Crippen LogP) is 6.04. The molecule has 5 rings (SSSR count). The molecule has 0 aliphatic carbocycles. The molecule has 0 amide bonds. The Kier molecular flexibility index (Phi) is 3.70. The molecule has 0 atom stereocenters. The standard InChI is InChI=1S/C24H22BNS/c1-15-9-10-19-14-25(23-17(3)11-16(2)12-18(23)4)26-21-7-5-6-8-22(21)27-24(26)20(19)13-15/h5-14H,1-4H3. The van der Waals surface area contributed by atoms with Crippen molar-refractivity contribution in [2.24, 2.45) is 0 Å². The zero-order chi connectivity index (χ0) is 18.7. The highest BCUT2D eigenvalue weighted by molar-refractivity contribution is 7.24. The monoisotopic (exact) mass is 367 g/mol. The van der Waals surface area contributed by atoms with Gasteiger partial charge in [-0.2, -0.15) is 5.96 Å². The number of nitrogens with zero attached hydrogens (tertiary/aromatic N) is 1. The summed E-state index contributed by atoms with van der Waals surface area (Å²) in [7, 11) is 0. The molecule has 0 N–H and O–H groups in total. The minimum absolute atomic E-state index is 0.229. The lowest BCUT2D eigenvalue weighted by Crippen LogP contribution is -2.35. The van der Waals surface area contributed by atoms with E-state index in [1.165, 1.54) is 53.5 Å². The summed E-state index contributed by atoms with van der Waals surface area (Å²) in [6, 6.07) is 20.3. The number of rotatable bonds is 1. The number of thiazole rings is 1. The molecule has 2 heterocycles. The van der Waals surface area contributed by atoms with Crippen LogP contribution < -0.4 is 4.31 Å². The van der Waals surface area contributed by atoms with Crippen molar-refractivity contribution in [3.05, 3.63) is 82.8 Å². The van der Waals surface area contributed by atoms with Crippen LogP contribution in [-0.4, -0.2) is 6.49 Å². The topological polar surface area (TPSA) is 4.10 Å². The van der Waals surface area contributed by atoms with Crippen LogP contribution in [0, 0.1) is 27.7 Å². The van der Waals surface area contributed by atoms with E-state index < -0.39 is 0 Å². The number of fused-ring (bicyclic) bond motifs is 5. The van der Waals surface area contributed by atoms with E-state index in [4.69, 9.17) is 0 Å². The average molecular weight is 367 g/mol. The molecule has 0 aliphatic heterocycles. The van der Waals surface area contributed by atoms with Crippen LogP contribution in [0.25, 0.3) is 31.3 Å². The summed E-state index contributed by atoms with van der Waals surface area (Å²) in [4.78, 5) is 1.36. The maximum absolute atomic E-state index is 2.55. The van der Waals surface area contributed by atoms with E-state index in [1.54, 1.807) is 0 Å². The van der Waals surface area contributed by atoms with Gasteiger partial charge in [-0.25, -0.2) is 0 Å². The summed E-state index contributed by atoms with van der Waals surface area (Å²) >= 11 is 1.91. The van der Waals surface area contributed by atoms with Gasteiger partial charge in [-0.3, -0.25) is 0 Å². The Balaban J connectivity index is 2.04. The van der Waals surface area contributed by atoms with E-state index in [0.717, 1.165) is 0 Å². The highest BCUT2D eigenvalue weighted by Crippen LogP contribution is 2.30. The summed E-state index contributed by atoms with van der Waals surface area (Å²) in [6.45, 7) is 9.10. The van der Waals surface area contributed by atoms with Gasteiger partial charge in [0.05, 0.1) is 10.1 Å². The summed E-state index contributed by atoms with van der Waals surface area (Å²) in [5.74, 6) is 2.45. The fraction of sp³-hybridized carbons (Fsp3) is 0.167. The van der Waals surface area contributed by atoms with E-state index in [9.17, 15) is 0 Å². The minimum atomic E-state index is 0.229. The van der Waals surface area contributed by atoms with Gasteiger partial charge in [-0.05, 0) is 45.2 Å². The van der Waals surface area contributed by atoms with Crippen LogP contribution in [0.3, 0.4) is 0 Å². The Labute approximate surface area is 164 Å². The van der Waals surface area contributed by atoms with Crippen LogP contribution in [0.2, 0.25) is 0 Å². The van der Waals surface area contributed by atoms with Crippen molar-refractivity contribution in [2.45, 2.75) is 27.7 Å². The van der Waals surface area contributed by atoms with Crippen molar-refractivity contribution in [3.8, 4) is 5.46 Å². The summed E-state index contributed by atoms with van der Waals surface area (Å²) in [5.41, 5.74) is 8.15. The molecule has 2 aromatic heterocycles. The second-order valence-corrected chi connectivity index (χ2v) is 8.79. The van der Waals surface area contributed by atoms with Crippen LogP contribution in [-0.2, 0) is 0 Å². The lowest BCUT2D eigenvalue weighted by Gasteiger charge is -2.18. The molecular weight excluding hydrogens is 345 g/mol. The molecule has 27 heavy (non-hydrogen) atoms. The van der Waals surface area contributed by atoms with Gasteiger partial charge in [0.1, 0.15) is 0 Å². The number of para-hydroxylation sites is 1. The quantitative estimate of drug-likeness (QED) is 0.340. The fourth-order valence-electron chi connectivity index (χ4n) is 4.58. The van der Waals surface area contributed by atoms with Crippen LogP contribution in [0.15, 0.2) is 60.6 Å². The predicted molar refractivity (Wildman–Crippen MR) is 119 cm³/mol. The Hall–Kier alpha value is -2.52. The van der Waals surface area contributed by atoms with Gasteiger partial charge in [0.2, 0.25) is 11.3 Å². The maximum Gasteiger partial charge on any atom is 0.231 e. The molecule has 0 saturated carbocycles.